The largest absolute Gasteiger partial charge is 0.456 e. The Kier molecular flexibility index (Phi) is 8.04. The molecule has 0 atom stereocenters. The number of para-hydroxylation sites is 6. The van der Waals surface area contributed by atoms with Gasteiger partial charge < -0.3 is 23.4 Å². The molecule has 0 fully saturated rings. The fourth-order valence-electron chi connectivity index (χ4n) is 14.1. The molecule has 2 aliphatic rings. The first kappa shape index (κ1) is 36.3. The molecule has 17 aromatic rings. The normalized spacial score (nSPS) is 16.1. The minimum atomic E-state index is -1.64. The molecule has 0 spiro atoms. The predicted molar refractivity (Wildman–Crippen MR) is 397 cm³/mol. The van der Waals surface area contributed by atoms with Crippen molar-refractivity contribution in [3.8, 4) is 55.9 Å². The van der Waals surface area contributed by atoms with Gasteiger partial charge in [0.1, 0.15) is 11.2 Å². The Morgan fingerprint density at radius 1 is 0.340 bits per heavy atom. The first-order valence-electron chi connectivity index (χ1n) is 41.9. The van der Waals surface area contributed by atoms with Crippen molar-refractivity contribution < 1.29 is 34.6 Å². The van der Waals surface area contributed by atoms with Crippen molar-refractivity contribution in [2.75, 3.05) is 9.80 Å². The molecule has 0 bridgehead atoms. The summed E-state index contributed by atoms with van der Waals surface area (Å²) in [6, 6.07) is 41.1. The zero-order chi connectivity index (χ0) is 81.5. The summed E-state index contributed by atoms with van der Waals surface area (Å²) in [7, 11) is 0. The van der Waals surface area contributed by atoms with Crippen molar-refractivity contribution >= 4 is 123 Å². The van der Waals surface area contributed by atoms with Crippen LogP contribution in [0.4, 0.5) is 34.1 Å². The second-order valence-corrected chi connectivity index (χ2v) is 24.7. The Bertz CT molecular complexity index is 7090. The molecule has 19 rings (SSSR count). The van der Waals surface area contributed by atoms with Gasteiger partial charge in [-0.25, -0.2) is 0 Å². The highest BCUT2D eigenvalue weighted by atomic mass is 16.3. The van der Waals surface area contributed by atoms with Crippen LogP contribution in [-0.4, -0.2) is 15.8 Å². The molecule has 0 unspecified atom stereocenters. The van der Waals surface area contributed by atoms with Crippen LogP contribution >= 0.6 is 0 Å². The number of benzene rings is 14. The highest BCUT2D eigenvalue weighted by molar-refractivity contribution is 7.00. The van der Waals surface area contributed by atoms with Gasteiger partial charge in [-0.05, 0) is 152 Å². The summed E-state index contributed by atoms with van der Waals surface area (Å²) in [5.74, 6) is 0. The third kappa shape index (κ3) is 8.22. The lowest BCUT2D eigenvalue weighted by molar-refractivity contribution is 0.591. The van der Waals surface area contributed by atoms with E-state index in [9.17, 15) is 24.7 Å². The zero-order valence-electron chi connectivity index (χ0n) is 72.6. The quantitative estimate of drug-likeness (QED) is 0.142. The fourth-order valence-corrected chi connectivity index (χ4v) is 14.1. The van der Waals surface area contributed by atoms with Crippen molar-refractivity contribution in [3.05, 3.63) is 320 Å². The van der Waals surface area contributed by atoms with Crippen LogP contribution in [0.25, 0.3) is 121 Å². The van der Waals surface area contributed by atoms with Crippen LogP contribution in [0.5, 0.6) is 0 Å². The number of hydrogen-bond donors (Lipinski definition) is 0. The number of nitrogens with zero attached hydrogens (tertiary/aromatic N) is 4. The number of hydrogen-bond acceptors (Lipinski definition) is 3. The van der Waals surface area contributed by atoms with Crippen molar-refractivity contribution in [2.45, 2.75) is 26.2 Å². The van der Waals surface area contributed by atoms with E-state index in [0.717, 1.165) is 25.5 Å². The average molecular weight is 1220 g/mol. The molecule has 14 aromatic carbocycles. The molecule has 2 aliphatic heterocycles. The highest BCUT2D eigenvalue weighted by Gasteiger charge is 2.46. The summed E-state index contributed by atoms with van der Waals surface area (Å²) in [5, 5.41) is 0.0775. The molecular formula is C88H61BN4O. The van der Waals surface area contributed by atoms with E-state index in [1.54, 1.807) is 11.0 Å². The van der Waals surface area contributed by atoms with Gasteiger partial charge in [0.2, 0.25) is 0 Å². The molecule has 6 heteroatoms. The van der Waals surface area contributed by atoms with Crippen molar-refractivity contribution in [2.24, 2.45) is 0 Å². The Hall–Kier alpha value is -11.9. The summed E-state index contributed by atoms with van der Waals surface area (Å²) < 4.78 is 226. The minimum Gasteiger partial charge on any atom is -0.456 e. The second kappa shape index (κ2) is 20.8. The van der Waals surface area contributed by atoms with Gasteiger partial charge in [0.15, 0.2) is 0 Å². The predicted octanol–water partition coefficient (Wildman–Crippen LogP) is 21.8. The summed E-state index contributed by atoms with van der Waals surface area (Å²) in [6.45, 7) is 4.61. The molecule has 5 nitrogen and oxygen atoms in total. The Labute approximate surface area is 576 Å². The Balaban J connectivity index is 1.08. The SMILES string of the molecule is [2H]c1c([2H])c(-n2c3c([2H])c([2H])c([2H])c([2H])c3c3c([2H])c([2H])c([2H])c([2H])c32)c([2H])c2c1B1c3c(cc(-c4ccc5oc6ccccc6c5c4)cc3N(c3c(-c4ccccc4)cc(C(C)(C)C)cc3-c3ccccc3)c3c([2H])c(-n4c5c([2H])c([2H])c([2H])c([2H])c5c5c([2H])c([2H])c([2H])c([2H])c54)c([2H])c([2H])c31)N2c1ccccc1-c1ccccc1. The summed E-state index contributed by atoms with van der Waals surface area (Å²) in [6.07, 6.45) is 0. The van der Waals surface area contributed by atoms with Gasteiger partial charge >= 0.3 is 0 Å². The Morgan fingerprint density at radius 3 is 1.32 bits per heavy atom. The van der Waals surface area contributed by atoms with Gasteiger partial charge in [0.05, 0.1) is 63.6 Å². The van der Waals surface area contributed by atoms with Crippen LogP contribution in [-0.2, 0) is 5.41 Å². The number of furan rings is 1. The van der Waals surface area contributed by atoms with Gasteiger partial charge in [-0.1, -0.05) is 239 Å². The first-order valence-corrected chi connectivity index (χ1v) is 30.9. The van der Waals surface area contributed by atoms with Crippen molar-refractivity contribution in [3.63, 3.8) is 0 Å². The van der Waals surface area contributed by atoms with Gasteiger partial charge in [-0.15, -0.1) is 0 Å². The number of anilines is 6. The topological polar surface area (TPSA) is 29.5 Å². The lowest BCUT2D eigenvalue weighted by Crippen LogP contribution is -2.61. The van der Waals surface area contributed by atoms with Crippen LogP contribution in [0.3, 0.4) is 0 Å². The van der Waals surface area contributed by atoms with Crippen LogP contribution in [0, 0.1) is 0 Å². The molecule has 0 amide bonds. The zero-order valence-corrected chi connectivity index (χ0v) is 50.6. The molecule has 0 radical (unpaired) electrons. The summed E-state index contributed by atoms with van der Waals surface area (Å²) in [5.41, 5.74) is 4.24. The molecule has 0 N–H and O–H groups in total. The van der Waals surface area contributed by atoms with E-state index in [-0.39, 0.29) is 55.2 Å². The summed E-state index contributed by atoms with van der Waals surface area (Å²) in [4.78, 5) is 3.64. The number of aromatic nitrogens is 2. The van der Waals surface area contributed by atoms with E-state index in [2.05, 4.69) is 32.9 Å². The number of rotatable bonds is 8. The van der Waals surface area contributed by atoms with E-state index in [4.69, 9.17) is 9.90 Å². The lowest BCUT2D eigenvalue weighted by Gasteiger charge is -2.46. The highest BCUT2D eigenvalue weighted by Crippen LogP contribution is 2.54. The molecule has 0 saturated carbocycles. The van der Waals surface area contributed by atoms with E-state index < -0.39 is 179 Å². The van der Waals surface area contributed by atoms with Crippen molar-refractivity contribution in [1.82, 2.24) is 9.13 Å². The van der Waals surface area contributed by atoms with Gasteiger partial charge in [0, 0.05) is 83.1 Å². The van der Waals surface area contributed by atoms with Crippen LogP contribution in [0.15, 0.2) is 319 Å². The molecule has 442 valence electrons. The van der Waals surface area contributed by atoms with Crippen LogP contribution in [0.1, 0.15) is 56.5 Å². The van der Waals surface area contributed by atoms with E-state index in [1.165, 1.54) is 0 Å². The molecule has 94 heavy (non-hydrogen) atoms. The molecule has 0 aliphatic carbocycles. The van der Waals surface area contributed by atoms with Gasteiger partial charge in [0.25, 0.3) is 6.71 Å². The van der Waals surface area contributed by atoms with Crippen LogP contribution < -0.4 is 26.2 Å². The van der Waals surface area contributed by atoms with Crippen LogP contribution in [0.2, 0.25) is 0 Å². The van der Waals surface area contributed by atoms with E-state index in [1.807, 2.05) is 169 Å². The average Bonchev–Trinajstić information content (AvgIpc) is 1.12. The first-order chi connectivity index (χ1) is 55.5. The maximum Gasteiger partial charge on any atom is 0.252 e. The molecule has 3 aromatic heterocycles. The maximum absolute atomic E-state index is 11.7. The smallest absolute Gasteiger partial charge is 0.252 e. The minimum absolute atomic E-state index is 0.167. The molecule has 5 heterocycles. The standard InChI is InChI=1S/C88H61BN4O/c1-88(2,3)61-52-70(57-27-9-5-10-28-57)87(71(53-61)58-29-11-6-12-30-58)93-81-55-63(91-78-40-22-16-34-67(78)68-35-17-23-41-79(68)91)45-47-74(81)89-73-46-44-62(90-76-38-20-14-32-65(76)66-33-15-21-39-77(66)90)54-80(73)92(75-37-19-13-31-64(75)56-25-7-4-8-26-56)82-50-60(51-83(93)86(82)89)59-43-48-85-72(49-59)69-36-18-24-42-84(69)94-85/h4-55H,1-3H3/i14D,15D,16D,17D,20D,21D,22D,23D,32D,33D,34D,35D,38D,39D,40D,41D,44D,45D,46D,47D,54D,55D. The maximum atomic E-state index is 11.7. The summed E-state index contributed by atoms with van der Waals surface area (Å²) >= 11 is 0. The third-order valence-corrected chi connectivity index (χ3v) is 18.4. The molecular weight excluding hydrogens is 1140 g/mol. The van der Waals surface area contributed by atoms with Gasteiger partial charge in [-0.2, -0.15) is 0 Å². The second-order valence-electron chi connectivity index (χ2n) is 24.7. The monoisotopic (exact) mass is 1220 g/mol. The van der Waals surface area contributed by atoms with E-state index in [0.29, 0.717) is 72.5 Å². The Morgan fingerprint density at radius 2 is 0.787 bits per heavy atom. The third-order valence-electron chi connectivity index (χ3n) is 18.4. The van der Waals surface area contributed by atoms with Crippen molar-refractivity contribution in [1.29, 1.82) is 0 Å². The lowest BCUT2D eigenvalue weighted by atomic mass is 9.33. The van der Waals surface area contributed by atoms with E-state index >= 15 is 0 Å². The van der Waals surface area contributed by atoms with Gasteiger partial charge in [-0.3, -0.25) is 0 Å². The number of fused-ring (bicyclic) bond motifs is 13. The fraction of sp³-hybridized carbons (Fsp3) is 0.0455. The molecule has 0 saturated heterocycles.